The van der Waals surface area contributed by atoms with Crippen molar-refractivity contribution in [3.8, 4) is 5.75 Å². The van der Waals surface area contributed by atoms with Gasteiger partial charge in [-0.2, -0.15) is 0 Å². The van der Waals surface area contributed by atoms with Gasteiger partial charge in [-0.25, -0.2) is 4.98 Å². The summed E-state index contributed by atoms with van der Waals surface area (Å²) < 4.78 is 0.638. The van der Waals surface area contributed by atoms with Gasteiger partial charge in [-0.1, -0.05) is 12.1 Å². The maximum Gasteiger partial charge on any atom is 0.251 e. The van der Waals surface area contributed by atoms with Crippen molar-refractivity contribution < 1.29 is 9.90 Å². The largest absolute Gasteiger partial charge is 0.508 e. The number of pyridine rings is 1. The minimum atomic E-state index is -0.123. The number of amides is 1. The van der Waals surface area contributed by atoms with Crippen LogP contribution in [-0.2, 0) is 6.42 Å². The molecule has 1 aromatic heterocycles. The van der Waals surface area contributed by atoms with Crippen molar-refractivity contribution in [3.05, 3.63) is 58.3 Å². The molecule has 0 spiro atoms. The average Bonchev–Trinajstić information content (AvgIpc) is 2.41. The van der Waals surface area contributed by atoms with Crippen LogP contribution in [0.25, 0.3) is 0 Å². The van der Waals surface area contributed by atoms with Crippen molar-refractivity contribution in [1.82, 2.24) is 10.3 Å². The Morgan fingerprint density at radius 2 is 2.00 bits per heavy atom. The fraction of sp³-hybridized carbons (Fsp3) is 0.143. The summed E-state index contributed by atoms with van der Waals surface area (Å²) >= 11 is 3.23. The first-order valence-corrected chi connectivity index (χ1v) is 6.62. The molecule has 1 heterocycles. The number of phenols is 1. The number of carbonyl (C=O) groups excluding carboxylic acids is 1. The zero-order valence-electron chi connectivity index (χ0n) is 10.1. The highest BCUT2D eigenvalue weighted by atomic mass is 79.9. The zero-order chi connectivity index (χ0) is 13.7. The minimum absolute atomic E-state index is 0.123. The summed E-state index contributed by atoms with van der Waals surface area (Å²) in [5.74, 6) is 0.122. The summed E-state index contributed by atoms with van der Waals surface area (Å²) in [4.78, 5) is 15.8. The lowest BCUT2D eigenvalue weighted by Gasteiger charge is -2.05. The van der Waals surface area contributed by atoms with Gasteiger partial charge in [0.25, 0.3) is 5.91 Å². The summed E-state index contributed by atoms with van der Waals surface area (Å²) in [7, 11) is 0. The highest BCUT2D eigenvalue weighted by Crippen LogP contribution is 2.10. The summed E-state index contributed by atoms with van der Waals surface area (Å²) in [6, 6.07) is 10.3. The smallest absolute Gasteiger partial charge is 0.251 e. The van der Waals surface area contributed by atoms with E-state index in [1.807, 2.05) is 12.1 Å². The molecule has 0 aliphatic rings. The molecule has 1 aromatic carbocycles. The number of benzene rings is 1. The number of halogens is 1. The van der Waals surface area contributed by atoms with E-state index < -0.39 is 0 Å². The van der Waals surface area contributed by atoms with Crippen LogP contribution in [0.15, 0.2) is 47.2 Å². The van der Waals surface area contributed by atoms with Crippen molar-refractivity contribution in [2.45, 2.75) is 6.42 Å². The van der Waals surface area contributed by atoms with E-state index in [9.17, 15) is 4.79 Å². The van der Waals surface area contributed by atoms with Crippen LogP contribution >= 0.6 is 15.9 Å². The monoisotopic (exact) mass is 320 g/mol. The van der Waals surface area contributed by atoms with E-state index in [0.717, 1.165) is 12.0 Å². The van der Waals surface area contributed by atoms with Gasteiger partial charge in [-0.05, 0) is 52.2 Å². The number of hydrogen-bond donors (Lipinski definition) is 2. The van der Waals surface area contributed by atoms with E-state index in [4.69, 9.17) is 5.11 Å². The molecule has 0 unspecified atom stereocenters. The Morgan fingerprint density at radius 3 is 2.68 bits per heavy atom. The second kappa shape index (κ2) is 6.33. The van der Waals surface area contributed by atoms with Crippen LogP contribution in [0.3, 0.4) is 0 Å². The minimum Gasteiger partial charge on any atom is -0.508 e. The normalized spacial score (nSPS) is 10.2. The van der Waals surface area contributed by atoms with Crippen molar-refractivity contribution in [3.63, 3.8) is 0 Å². The first kappa shape index (κ1) is 13.5. The molecule has 0 aliphatic carbocycles. The summed E-state index contributed by atoms with van der Waals surface area (Å²) in [5, 5.41) is 12.0. The maximum absolute atomic E-state index is 11.8. The summed E-state index contributed by atoms with van der Waals surface area (Å²) in [6.07, 6.45) is 2.30. The third kappa shape index (κ3) is 4.06. The topological polar surface area (TPSA) is 62.2 Å². The van der Waals surface area contributed by atoms with Gasteiger partial charge in [-0.15, -0.1) is 0 Å². The molecule has 0 fully saturated rings. The van der Waals surface area contributed by atoms with Gasteiger partial charge in [0, 0.05) is 18.3 Å². The number of aromatic nitrogens is 1. The van der Waals surface area contributed by atoms with Crippen LogP contribution in [0.1, 0.15) is 15.9 Å². The Kier molecular flexibility index (Phi) is 4.52. The van der Waals surface area contributed by atoms with Crippen LogP contribution in [-0.4, -0.2) is 22.5 Å². The zero-order valence-corrected chi connectivity index (χ0v) is 11.7. The highest BCUT2D eigenvalue weighted by Gasteiger charge is 2.05. The second-order valence-corrected chi connectivity index (χ2v) is 4.85. The van der Waals surface area contributed by atoms with Crippen molar-refractivity contribution >= 4 is 21.8 Å². The average molecular weight is 321 g/mol. The SMILES string of the molecule is O=C(NCCc1ccc(O)cc1)c1ccnc(Br)c1. The summed E-state index contributed by atoms with van der Waals surface area (Å²) in [5.41, 5.74) is 1.64. The van der Waals surface area contributed by atoms with Crippen molar-refractivity contribution in [2.24, 2.45) is 0 Å². The lowest BCUT2D eigenvalue weighted by atomic mass is 10.1. The molecule has 98 valence electrons. The second-order valence-electron chi connectivity index (χ2n) is 4.04. The van der Waals surface area contributed by atoms with Crippen LogP contribution in [0.4, 0.5) is 0 Å². The number of carbonyl (C=O) groups is 1. The number of phenolic OH excluding ortho intramolecular Hbond substituents is 1. The van der Waals surface area contributed by atoms with Gasteiger partial charge in [0.15, 0.2) is 0 Å². The highest BCUT2D eigenvalue weighted by molar-refractivity contribution is 9.10. The molecular formula is C14H13BrN2O2. The van der Waals surface area contributed by atoms with Crippen LogP contribution in [0, 0.1) is 0 Å². The predicted octanol–water partition coefficient (Wildman–Crippen LogP) is 2.52. The molecule has 5 heteroatoms. The first-order chi connectivity index (χ1) is 9.15. The van der Waals surface area contributed by atoms with E-state index >= 15 is 0 Å². The number of rotatable bonds is 4. The van der Waals surface area contributed by atoms with Gasteiger partial charge in [0.1, 0.15) is 10.4 Å². The van der Waals surface area contributed by atoms with Crippen LogP contribution in [0.2, 0.25) is 0 Å². The number of aromatic hydroxyl groups is 1. The van der Waals surface area contributed by atoms with Crippen molar-refractivity contribution in [2.75, 3.05) is 6.54 Å². The lowest BCUT2D eigenvalue weighted by molar-refractivity contribution is 0.0954. The third-order valence-electron chi connectivity index (χ3n) is 2.62. The van der Waals surface area contributed by atoms with Crippen LogP contribution < -0.4 is 5.32 Å². The van der Waals surface area contributed by atoms with Crippen LogP contribution in [0.5, 0.6) is 5.75 Å². The molecule has 1 amide bonds. The Labute approximate surface area is 119 Å². The third-order valence-corrected chi connectivity index (χ3v) is 3.06. The molecule has 0 radical (unpaired) electrons. The Morgan fingerprint density at radius 1 is 1.26 bits per heavy atom. The number of hydrogen-bond acceptors (Lipinski definition) is 3. The molecule has 0 saturated heterocycles. The van der Waals surface area contributed by atoms with E-state index in [1.54, 1.807) is 30.5 Å². The Balaban J connectivity index is 1.86. The van der Waals surface area contributed by atoms with E-state index in [-0.39, 0.29) is 11.7 Å². The Hall–Kier alpha value is -1.88. The van der Waals surface area contributed by atoms with E-state index in [0.29, 0.717) is 16.7 Å². The fourth-order valence-electron chi connectivity index (χ4n) is 1.63. The molecule has 0 saturated carbocycles. The lowest BCUT2D eigenvalue weighted by Crippen LogP contribution is -2.25. The first-order valence-electron chi connectivity index (χ1n) is 5.83. The summed E-state index contributed by atoms with van der Waals surface area (Å²) in [6.45, 7) is 0.545. The van der Waals surface area contributed by atoms with Gasteiger partial charge in [0.2, 0.25) is 0 Å². The fourth-order valence-corrected chi connectivity index (χ4v) is 1.99. The number of nitrogens with zero attached hydrogens (tertiary/aromatic N) is 1. The molecule has 2 N–H and O–H groups in total. The Bertz CT molecular complexity index is 570. The number of nitrogens with one attached hydrogen (secondary N) is 1. The molecule has 2 aromatic rings. The quantitative estimate of drug-likeness (QED) is 0.851. The maximum atomic E-state index is 11.8. The van der Waals surface area contributed by atoms with E-state index in [1.165, 1.54) is 0 Å². The van der Waals surface area contributed by atoms with Gasteiger partial charge >= 0.3 is 0 Å². The predicted molar refractivity (Wildman–Crippen MR) is 76.1 cm³/mol. The standard InChI is InChI=1S/C14H13BrN2O2/c15-13-9-11(6-8-16-13)14(19)17-7-5-10-1-3-12(18)4-2-10/h1-4,6,8-9,18H,5,7H2,(H,17,19). The van der Waals surface area contributed by atoms with Gasteiger partial charge in [-0.3, -0.25) is 4.79 Å². The van der Waals surface area contributed by atoms with Crippen molar-refractivity contribution in [1.29, 1.82) is 0 Å². The molecule has 2 rings (SSSR count). The molecular weight excluding hydrogens is 308 g/mol. The molecule has 0 aliphatic heterocycles. The molecule has 19 heavy (non-hydrogen) atoms. The van der Waals surface area contributed by atoms with Gasteiger partial charge < -0.3 is 10.4 Å². The van der Waals surface area contributed by atoms with Gasteiger partial charge in [0.05, 0.1) is 0 Å². The molecule has 4 nitrogen and oxygen atoms in total. The molecule has 0 bridgehead atoms. The molecule has 0 atom stereocenters. The van der Waals surface area contributed by atoms with E-state index in [2.05, 4.69) is 26.2 Å².